The Bertz CT molecular complexity index is 569. The Morgan fingerprint density at radius 1 is 1.32 bits per heavy atom. The Kier molecular flexibility index (Phi) is 4.22. The highest BCUT2D eigenvalue weighted by Gasteiger charge is 2.10. The first-order valence-corrected chi connectivity index (χ1v) is 6.51. The van der Waals surface area contributed by atoms with Crippen LogP contribution in [-0.4, -0.2) is 24.3 Å². The van der Waals surface area contributed by atoms with Gasteiger partial charge in [0.2, 0.25) is 0 Å². The molecule has 1 unspecified atom stereocenters. The van der Waals surface area contributed by atoms with Gasteiger partial charge in [0.25, 0.3) is 0 Å². The van der Waals surface area contributed by atoms with Gasteiger partial charge < -0.3 is 15.2 Å². The fourth-order valence-electron chi connectivity index (χ4n) is 1.98. The minimum Gasteiger partial charge on any atom is -0.488 e. The Morgan fingerprint density at radius 3 is 2.84 bits per heavy atom. The number of hydrogen-bond acceptors (Lipinski definition) is 4. The molecule has 4 heteroatoms. The van der Waals surface area contributed by atoms with Crippen LogP contribution in [-0.2, 0) is 4.74 Å². The topological polar surface area (TPSA) is 57.4 Å². The molecule has 102 valence electrons. The predicted octanol–water partition coefficient (Wildman–Crippen LogP) is 2.93. The number of pyridine rings is 1. The molecule has 0 radical (unpaired) electrons. The number of rotatable bonds is 5. The highest BCUT2D eigenvalue weighted by molar-refractivity contribution is 5.96. The fourth-order valence-corrected chi connectivity index (χ4v) is 1.98. The van der Waals surface area contributed by atoms with Crippen LogP contribution in [0.4, 0.5) is 5.69 Å². The lowest BCUT2D eigenvalue weighted by molar-refractivity contribution is 0.0665. The number of hydrogen-bond donors (Lipinski definition) is 1. The van der Waals surface area contributed by atoms with E-state index < -0.39 is 0 Å². The third-order valence-corrected chi connectivity index (χ3v) is 2.92. The molecule has 2 N–H and O–H groups in total. The predicted molar refractivity (Wildman–Crippen MR) is 77.5 cm³/mol. The summed E-state index contributed by atoms with van der Waals surface area (Å²) in [6.07, 6.45) is 1.79. The zero-order valence-corrected chi connectivity index (χ0v) is 11.6. The highest BCUT2D eigenvalue weighted by Crippen LogP contribution is 2.30. The molecule has 1 aromatic heterocycles. The third-order valence-electron chi connectivity index (χ3n) is 2.92. The minimum atomic E-state index is 0.000228. The van der Waals surface area contributed by atoms with Crippen molar-refractivity contribution in [1.82, 2.24) is 4.98 Å². The number of benzene rings is 1. The summed E-state index contributed by atoms with van der Waals surface area (Å²) >= 11 is 0. The van der Waals surface area contributed by atoms with E-state index in [0.29, 0.717) is 18.9 Å². The molecule has 1 heterocycles. The maximum atomic E-state index is 5.97. The van der Waals surface area contributed by atoms with E-state index in [2.05, 4.69) is 4.98 Å². The largest absolute Gasteiger partial charge is 0.488 e. The molecule has 4 nitrogen and oxygen atoms in total. The third kappa shape index (κ3) is 3.15. The van der Waals surface area contributed by atoms with Gasteiger partial charge in [-0.05, 0) is 39.0 Å². The summed E-state index contributed by atoms with van der Waals surface area (Å²) in [5, 5.41) is 1.92. The van der Waals surface area contributed by atoms with Crippen LogP contribution in [0, 0.1) is 6.92 Å². The van der Waals surface area contributed by atoms with Gasteiger partial charge in [-0.3, -0.25) is 4.98 Å². The van der Waals surface area contributed by atoms with Crippen LogP contribution in [0.2, 0.25) is 0 Å². The average molecular weight is 260 g/mol. The second kappa shape index (κ2) is 5.89. The first-order chi connectivity index (χ1) is 9.11. The van der Waals surface area contributed by atoms with Gasteiger partial charge in [-0.25, -0.2) is 0 Å². The van der Waals surface area contributed by atoms with Crippen LogP contribution >= 0.6 is 0 Å². The lowest BCUT2D eigenvalue weighted by Crippen LogP contribution is -2.19. The van der Waals surface area contributed by atoms with Crippen molar-refractivity contribution in [3.63, 3.8) is 0 Å². The van der Waals surface area contributed by atoms with E-state index in [0.717, 1.165) is 22.2 Å². The van der Waals surface area contributed by atoms with Gasteiger partial charge in [-0.15, -0.1) is 0 Å². The van der Waals surface area contributed by atoms with E-state index in [1.54, 1.807) is 6.20 Å². The van der Waals surface area contributed by atoms with E-state index in [4.69, 9.17) is 15.2 Å². The number of aryl methyl sites for hydroxylation is 1. The van der Waals surface area contributed by atoms with Crippen LogP contribution in [0.25, 0.3) is 10.8 Å². The number of anilines is 1. The smallest absolute Gasteiger partial charge is 0.127 e. The summed E-state index contributed by atoms with van der Waals surface area (Å²) in [5.41, 5.74) is 7.63. The van der Waals surface area contributed by atoms with Crippen molar-refractivity contribution in [2.24, 2.45) is 0 Å². The lowest BCUT2D eigenvalue weighted by atomic mass is 10.1. The van der Waals surface area contributed by atoms with Crippen molar-refractivity contribution in [3.8, 4) is 5.75 Å². The Hall–Kier alpha value is -1.81. The number of nitrogen functional groups attached to an aromatic ring is 1. The number of aromatic nitrogens is 1. The van der Waals surface area contributed by atoms with E-state index in [1.807, 2.05) is 39.0 Å². The lowest BCUT2D eigenvalue weighted by Gasteiger charge is -2.17. The normalized spacial score (nSPS) is 12.6. The molecule has 1 atom stereocenters. The minimum absolute atomic E-state index is 0.000228. The van der Waals surface area contributed by atoms with Crippen molar-refractivity contribution in [1.29, 1.82) is 0 Å². The van der Waals surface area contributed by atoms with Gasteiger partial charge >= 0.3 is 0 Å². The molecule has 0 fully saturated rings. The number of ether oxygens (including phenoxy) is 2. The van der Waals surface area contributed by atoms with Crippen molar-refractivity contribution in [3.05, 3.63) is 30.1 Å². The molecule has 19 heavy (non-hydrogen) atoms. The van der Waals surface area contributed by atoms with Gasteiger partial charge in [0, 0.05) is 35.0 Å². The summed E-state index contributed by atoms with van der Waals surface area (Å²) in [7, 11) is 0. The summed E-state index contributed by atoms with van der Waals surface area (Å²) in [4.78, 5) is 4.28. The molecule has 0 amide bonds. The van der Waals surface area contributed by atoms with Crippen LogP contribution in [0.5, 0.6) is 5.75 Å². The Labute approximate surface area is 113 Å². The van der Waals surface area contributed by atoms with Gasteiger partial charge in [-0.2, -0.15) is 0 Å². The number of nitrogens with zero attached hydrogens (tertiary/aromatic N) is 1. The highest BCUT2D eigenvalue weighted by atomic mass is 16.5. The first kappa shape index (κ1) is 13.6. The van der Waals surface area contributed by atoms with Gasteiger partial charge in [-0.1, -0.05) is 0 Å². The van der Waals surface area contributed by atoms with Crippen molar-refractivity contribution < 1.29 is 9.47 Å². The standard InChI is InChI=1S/C15H20N2O2/c1-4-18-9-11(3)19-15-6-5-14(16)13-8-17-10(2)7-12(13)15/h5-8,11H,4,9,16H2,1-3H3. The zero-order valence-electron chi connectivity index (χ0n) is 11.6. The molecule has 0 aliphatic carbocycles. The van der Waals surface area contributed by atoms with Gasteiger partial charge in [0.15, 0.2) is 0 Å². The molecule has 0 saturated carbocycles. The van der Waals surface area contributed by atoms with Crippen molar-refractivity contribution in [2.45, 2.75) is 26.9 Å². The zero-order chi connectivity index (χ0) is 13.8. The Balaban J connectivity index is 2.32. The number of nitrogens with two attached hydrogens (primary N) is 1. The fraction of sp³-hybridized carbons (Fsp3) is 0.400. The number of fused-ring (bicyclic) bond motifs is 1. The summed E-state index contributed by atoms with van der Waals surface area (Å²) in [6, 6.07) is 5.75. The van der Waals surface area contributed by atoms with Crippen LogP contribution in [0.3, 0.4) is 0 Å². The maximum Gasteiger partial charge on any atom is 0.127 e. The van der Waals surface area contributed by atoms with E-state index in [9.17, 15) is 0 Å². The van der Waals surface area contributed by atoms with Crippen LogP contribution < -0.4 is 10.5 Å². The molecule has 0 aliphatic rings. The second-order valence-corrected chi connectivity index (χ2v) is 4.61. The van der Waals surface area contributed by atoms with E-state index in [-0.39, 0.29) is 6.10 Å². The molecule has 2 rings (SSSR count). The van der Waals surface area contributed by atoms with Gasteiger partial charge in [0.1, 0.15) is 11.9 Å². The van der Waals surface area contributed by atoms with E-state index >= 15 is 0 Å². The van der Waals surface area contributed by atoms with Crippen molar-refractivity contribution in [2.75, 3.05) is 18.9 Å². The van der Waals surface area contributed by atoms with E-state index in [1.165, 1.54) is 0 Å². The molecule has 1 aromatic carbocycles. The Morgan fingerprint density at radius 2 is 2.11 bits per heavy atom. The molecule has 2 aromatic rings. The first-order valence-electron chi connectivity index (χ1n) is 6.51. The SMILES string of the molecule is CCOCC(C)Oc1ccc(N)c2cnc(C)cc12. The van der Waals surface area contributed by atoms with Crippen LogP contribution in [0.15, 0.2) is 24.4 Å². The van der Waals surface area contributed by atoms with Crippen molar-refractivity contribution >= 4 is 16.5 Å². The monoisotopic (exact) mass is 260 g/mol. The molecule has 0 spiro atoms. The molecular formula is C15H20N2O2. The molecule has 0 saturated heterocycles. The summed E-state index contributed by atoms with van der Waals surface area (Å²) in [5.74, 6) is 0.821. The van der Waals surface area contributed by atoms with Gasteiger partial charge in [0.05, 0.1) is 6.61 Å². The molecular weight excluding hydrogens is 240 g/mol. The summed E-state index contributed by atoms with van der Waals surface area (Å²) < 4.78 is 11.3. The van der Waals surface area contributed by atoms with Crippen LogP contribution in [0.1, 0.15) is 19.5 Å². The molecule has 0 bridgehead atoms. The maximum absolute atomic E-state index is 5.97. The summed E-state index contributed by atoms with van der Waals surface area (Å²) in [6.45, 7) is 7.19. The second-order valence-electron chi connectivity index (χ2n) is 4.61. The quantitative estimate of drug-likeness (QED) is 0.840. The molecule has 0 aliphatic heterocycles. The average Bonchev–Trinajstić information content (AvgIpc) is 2.39.